The van der Waals surface area contributed by atoms with Crippen molar-refractivity contribution in [3.8, 4) is 5.75 Å². The quantitative estimate of drug-likeness (QED) is 0.614. The number of ether oxygens (including phenoxy) is 2. The summed E-state index contributed by atoms with van der Waals surface area (Å²) >= 11 is 0. The van der Waals surface area contributed by atoms with E-state index in [9.17, 15) is 9.59 Å². The number of hydrogen-bond donors (Lipinski definition) is 1. The van der Waals surface area contributed by atoms with Crippen LogP contribution < -0.4 is 4.74 Å². The van der Waals surface area contributed by atoms with Gasteiger partial charge in [-0.25, -0.2) is 4.79 Å². The lowest BCUT2D eigenvalue weighted by Crippen LogP contribution is -2.25. The van der Waals surface area contributed by atoms with E-state index in [0.29, 0.717) is 17.7 Å². The van der Waals surface area contributed by atoms with E-state index in [1.54, 1.807) is 24.3 Å². The SMILES string of the molecule is CC(=O)Oc1ccccc1COC(CC(C)C)C(=O)O. The van der Waals surface area contributed by atoms with Crippen molar-refractivity contribution in [1.29, 1.82) is 0 Å². The van der Waals surface area contributed by atoms with Crippen molar-refractivity contribution in [2.45, 2.75) is 39.9 Å². The van der Waals surface area contributed by atoms with Crippen LogP contribution in [0.1, 0.15) is 32.8 Å². The van der Waals surface area contributed by atoms with Gasteiger partial charge in [0.25, 0.3) is 0 Å². The molecule has 0 aliphatic heterocycles. The number of carbonyl (C=O) groups excluding carboxylic acids is 1. The lowest BCUT2D eigenvalue weighted by molar-refractivity contribution is -0.152. The Morgan fingerprint density at radius 2 is 1.90 bits per heavy atom. The molecule has 0 aromatic heterocycles. The molecule has 1 atom stereocenters. The van der Waals surface area contributed by atoms with Gasteiger partial charge in [0.15, 0.2) is 6.10 Å². The van der Waals surface area contributed by atoms with E-state index < -0.39 is 18.0 Å². The summed E-state index contributed by atoms with van der Waals surface area (Å²) in [5.74, 6) is -0.786. The van der Waals surface area contributed by atoms with Crippen LogP contribution in [0.3, 0.4) is 0 Å². The van der Waals surface area contributed by atoms with Gasteiger partial charge in [-0.1, -0.05) is 32.0 Å². The van der Waals surface area contributed by atoms with Crippen LogP contribution in [-0.2, 0) is 20.9 Å². The maximum absolute atomic E-state index is 11.1. The maximum Gasteiger partial charge on any atom is 0.332 e. The molecule has 1 N–H and O–H groups in total. The molecule has 0 fully saturated rings. The van der Waals surface area contributed by atoms with Crippen LogP contribution in [-0.4, -0.2) is 23.1 Å². The molecule has 1 unspecified atom stereocenters. The van der Waals surface area contributed by atoms with E-state index in [4.69, 9.17) is 14.6 Å². The number of carboxylic acid groups (broad SMARTS) is 1. The maximum atomic E-state index is 11.1. The van der Waals surface area contributed by atoms with Gasteiger partial charge in [0.1, 0.15) is 5.75 Å². The Morgan fingerprint density at radius 1 is 1.25 bits per heavy atom. The van der Waals surface area contributed by atoms with Gasteiger partial charge < -0.3 is 14.6 Å². The van der Waals surface area contributed by atoms with Gasteiger partial charge in [-0.3, -0.25) is 4.79 Å². The second-order valence-electron chi connectivity index (χ2n) is 4.97. The van der Waals surface area contributed by atoms with E-state index in [-0.39, 0.29) is 12.5 Å². The van der Waals surface area contributed by atoms with E-state index in [1.165, 1.54) is 6.92 Å². The fourth-order valence-electron chi connectivity index (χ4n) is 1.74. The summed E-state index contributed by atoms with van der Waals surface area (Å²) in [6, 6.07) is 6.92. The first-order chi connectivity index (χ1) is 9.40. The number of benzene rings is 1. The highest BCUT2D eigenvalue weighted by molar-refractivity contribution is 5.72. The second-order valence-corrected chi connectivity index (χ2v) is 4.97. The normalized spacial score (nSPS) is 12.2. The minimum atomic E-state index is -0.983. The van der Waals surface area contributed by atoms with E-state index >= 15 is 0 Å². The van der Waals surface area contributed by atoms with Crippen molar-refractivity contribution in [2.24, 2.45) is 5.92 Å². The second kappa shape index (κ2) is 7.65. The van der Waals surface area contributed by atoms with Crippen molar-refractivity contribution in [2.75, 3.05) is 0 Å². The summed E-state index contributed by atoms with van der Waals surface area (Å²) in [5, 5.41) is 9.10. The molecule has 0 saturated heterocycles. The molecule has 0 aliphatic rings. The van der Waals surface area contributed by atoms with Gasteiger partial charge in [0, 0.05) is 12.5 Å². The molecule has 110 valence electrons. The van der Waals surface area contributed by atoms with E-state index in [0.717, 1.165) is 0 Å². The molecule has 0 aliphatic carbocycles. The number of aliphatic carboxylic acids is 1. The lowest BCUT2D eigenvalue weighted by atomic mass is 10.1. The summed E-state index contributed by atoms with van der Waals surface area (Å²) in [5.41, 5.74) is 0.651. The van der Waals surface area contributed by atoms with Crippen molar-refractivity contribution in [3.05, 3.63) is 29.8 Å². The molecule has 5 heteroatoms. The number of carbonyl (C=O) groups is 2. The number of esters is 1. The van der Waals surface area contributed by atoms with Crippen LogP contribution in [0.15, 0.2) is 24.3 Å². The fourth-order valence-corrected chi connectivity index (χ4v) is 1.74. The summed E-state index contributed by atoms with van der Waals surface area (Å²) in [7, 11) is 0. The highest BCUT2D eigenvalue weighted by atomic mass is 16.5. The molecule has 0 amide bonds. The number of hydrogen-bond acceptors (Lipinski definition) is 4. The summed E-state index contributed by atoms with van der Waals surface area (Å²) in [6.07, 6.45) is -0.425. The third-order valence-corrected chi connectivity index (χ3v) is 2.63. The number of carboxylic acids is 1. The van der Waals surface area contributed by atoms with Gasteiger partial charge in [-0.2, -0.15) is 0 Å². The molecule has 1 rings (SSSR count). The zero-order chi connectivity index (χ0) is 15.1. The Labute approximate surface area is 118 Å². The van der Waals surface area contributed by atoms with Gasteiger partial charge in [-0.05, 0) is 18.4 Å². The Balaban J connectivity index is 2.72. The van der Waals surface area contributed by atoms with Crippen LogP contribution in [0.4, 0.5) is 0 Å². The molecular weight excluding hydrogens is 260 g/mol. The van der Waals surface area contributed by atoms with Crippen LogP contribution >= 0.6 is 0 Å². The molecule has 0 heterocycles. The number of para-hydroxylation sites is 1. The standard InChI is InChI=1S/C15H20O5/c1-10(2)8-14(15(17)18)19-9-12-6-4-5-7-13(12)20-11(3)16/h4-7,10,14H,8-9H2,1-3H3,(H,17,18). The molecule has 5 nitrogen and oxygen atoms in total. The van der Waals surface area contributed by atoms with Gasteiger partial charge >= 0.3 is 11.9 Å². The topological polar surface area (TPSA) is 72.8 Å². The summed E-state index contributed by atoms with van der Waals surface area (Å²) < 4.78 is 10.5. The van der Waals surface area contributed by atoms with Gasteiger partial charge in [0.05, 0.1) is 6.61 Å². The first kappa shape index (κ1) is 16.2. The Hall–Kier alpha value is -1.88. The Morgan fingerprint density at radius 3 is 2.45 bits per heavy atom. The molecule has 20 heavy (non-hydrogen) atoms. The van der Waals surface area contributed by atoms with Gasteiger partial charge in [-0.15, -0.1) is 0 Å². The minimum Gasteiger partial charge on any atom is -0.479 e. The molecule has 0 spiro atoms. The molecule has 1 aromatic rings. The fraction of sp³-hybridized carbons (Fsp3) is 0.467. The predicted octanol–water partition coefficient (Wildman–Crippen LogP) is 2.63. The molecule has 0 bridgehead atoms. The number of rotatable bonds is 7. The molecule has 0 saturated carbocycles. The zero-order valence-corrected chi connectivity index (χ0v) is 12.0. The van der Waals surface area contributed by atoms with Crippen LogP contribution in [0.2, 0.25) is 0 Å². The van der Waals surface area contributed by atoms with Crippen molar-refractivity contribution >= 4 is 11.9 Å². The first-order valence-corrected chi connectivity index (χ1v) is 6.51. The summed E-state index contributed by atoms with van der Waals surface area (Å²) in [4.78, 5) is 22.1. The Kier molecular flexibility index (Phi) is 6.18. The Bertz CT molecular complexity index is 467. The average Bonchev–Trinajstić information content (AvgIpc) is 2.34. The lowest BCUT2D eigenvalue weighted by Gasteiger charge is -2.16. The molecule has 1 aromatic carbocycles. The van der Waals surface area contributed by atoms with Gasteiger partial charge in [0.2, 0.25) is 0 Å². The van der Waals surface area contributed by atoms with Crippen molar-refractivity contribution in [3.63, 3.8) is 0 Å². The van der Waals surface area contributed by atoms with Crippen LogP contribution in [0.5, 0.6) is 5.75 Å². The smallest absolute Gasteiger partial charge is 0.332 e. The minimum absolute atomic E-state index is 0.0904. The molecular formula is C15H20O5. The van der Waals surface area contributed by atoms with Crippen molar-refractivity contribution < 1.29 is 24.2 Å². The van der Waals surface area contributed by atoms with Crippen LogP contribution in [0, 0.1) is 5.92 Å². The summed E-state index contributed by atoms with van der Waals surface area (Å²) in [6.45, 7) is 5.28. The van der Waals surface area contributed by atoms with Crippen molar-refractivity contribution in [1.82, 2.24) is 0 Å². The van der Waals surface area contributed by atoms with Crippen LogP contribution in [0.25, 0.3) is 0 Å². The zero-order valence-electron chi connectivity index (χ0n) is 12.0. The van der Waals surface area contributed by atoms with E-state index in [1.807, 2.05) is 13.8 Å². The molecule has 0 radical (unpaired) electrons. The average molecular weight is 280 g/mol. The monoisotopic (exact) mass is 280 g/mol. The highest BCUT2D eigenvalue weighted by Gasteiger charge is 2.20. The third-order valence-electron chi connectivity index (χ3n) is 2.63. The largest absolute Gasteiger partial charge is 0.479 e. The van der Waals surface area contributed by atoms with E-state index in [2.05, 4.69) is 0 Å². The third kappa shape index (κ3) is 5.40. The first-order valence-electron chi connectivity index (χ1n) is 6.51. The highest BCUT2D eigenvalue weighted by Crippen LogP contribution is 2.20. The predicted molar refractivity (Wildman–Crippen MR) is 73.4 cm³/mol.